The highest BCUT2D eigenvalue weighted by Crippen LogP contribution is 2.42. The van der Waals surface area contributed by atoms with Gasteiger partial charge in [-0.05, 0) is 70.6 Å². The molecule has 0 spiro atoms. The molecule has 3 fully saturated rings. The fourth-order valence-corrected chi connectivity index (χ4v) is 6.57. The maximum atomic E-state index is 12.0. The van der Waals surface area contributed by atoms with Crippen LogP contribution in [-0.4, -0.2) is 71.2 Å². The first-order valence-electron chi connectivity index (χ1n) is 16.8. The number of hydrogen-bond acceptors (Lipinski definition) is 9. The Bertz CT molecular complexity index is 872. The molecule has 0 radical (unpaired) electrons. The summed E-state index contributed by atoms with van der Waals surface area (Å²) in [6.07, 6.45) is 23.7. The molecule has 2 aliphatic heterocycles. The highest BCUT2D eigenvalue weighted by atomic mass is 16.7. The second-order valence-corrected chi connectivity index (χ2v) is 12.2. The van der Waals surface area contributed by atoms with E-state index in [0.29, 0.717) is 0 Å². The topological polar surface area (TPSA) is 118 Å². The van der Waals surface area contributed by atoms with Gasteiger partial charge >= 0.3 is 5.97 Å². The quantitative estimate of drug-likeness (QED) is 0.114. The van der Waals surface area contributed by atoms with Crippen LogP contribution in [0.1, 0.15) is 122 Å². The third-order valence-corrected chi connectivity index (χ3v) is 8.79. The molecule has 10 nitrogen and oxygen atoms in total. The van der Waals surface area contributed by atoms with E-state index < -0.39 is 0 Å². The molecule has 1 aromatic rings. The van der Waals surface area contributed by atoms with E-state index in [4.69, 9.17) is 23.7 Å². The Labute approximate surface area is 252 Å². The van der Waals surface area contributed by atoms with Crippen molar-refractivity contribution in [3.8, 4) is 0 Å². The Morgan fingerprint density at radius 1 is 0.929 bits per heavy atom. The maximum absolute atomic E-state index is 12.0. The van der Waals surface area contributed by atoms with E-state index in [-0.39, 0.29) is 42.6 Å². The number of carbonyl (C=O) groups is 1. The van der Waals surface area contributed by atoms with Gasteiger partial charge in [0.2, 0.25) is 0 Å². The van der Waals surface area contributed by atoms with Gasteiger partial charge < -0.3 is 23.7 Å². The molecule has 0 bridgehead atoms. The minimum atomic E-state index is -0.207. The smallest absolute Gasteiger partial charge is 0.302 e. The summed E-state index contributed by atoms with van der Waals surface area (Å²) in [7, 11) is 0. The standard InChI is InChI=1S/C32H54N4O6/c1-25(37)41-28-24-29(42-32-20-12-15-23-40-32)27(26(28)16-9-5-6-10-18-30-33-35-36-34-30)17-8-4-2-3-7-13-21-38-31-19-11-14-22-39-31/h8,17,26-29,31-32H,2-7,9-16,18-24H2,1H3,(H,33,34,35,36)/t26-,27-,28+,29-,31?,32?/m1/s1. The lowest BCUT2D eigenvalue weighted by molar-refractivity contribution is -0.193. The SMILES string of the molecule is CC(=O)O[C@H]1C[C@@H](OC2CCCCO2)[C@H](C=CCCCCCCOC2CCCCO2)[C@H]1CCCCCCc1nn[nH]n1. The van der Waals surface area contributed by atoms with Gasteiger partial charge in [0.05, 0.1) is 6.10 Å². The monoisotopic (exact) mass is 590 g/mol. The zero-order valence-corrected chi connectivity index (χ0v) is 25.8. The van der Waals surface area contributed by atoms with Crippen molar-refractivity contribution in [2.75, 3.05) is 19.8 Å². The molecule has 1 saturated carbocycles. The molecular weight excluding hydrogens is 536 g/mol. The Hall–Kier alpha value is -1.88. The molecule has 2 saturated heterocycles. The molecule has 0 aromatic carbocycles. The Kier molecular flexibility index (Phi) is 15.3. The van der Waals surface area contributed by atoms with Crippen LogP contribution in [0.3, 0.4) is 0 Å². The zero-order valence-electron chi connectivity index (χ0n) is 25.8. The molecule has 0 amide bonds. The lowest BCUT2D eigenvalue weighted by atomic mass is 9.87. The fourth-order valence-electron chi connectivity index (χ4n) is 6.57. The average Bonchev–Trinajstić information content (AvgIpc) is 3.63. The molecule has 3 aliphatic rings. The molecule has 1 N–H and O–H groups in total. The van der Waals surface area contributed by atoms with Crippen molar-refractivity contribution in [1.82, 2.24) is 20.6 Å². The van der Waals surface area contributed by atoms with Crippen LogP contribution in [0.2, 0.25) is 0 Å². The number of aryl methyl sites for hydroxylation is 1. The maximum Gasteiger partial charge on any atom is 0.302 e. The number of nitrogens with zero attached hydrogens (tertiary/aromatic N) is 3. The largest absolute Gasteiger partial charge is 0.462 e. The van der Waals surface area contributed by atoms with E-state index >= 15 is 0 Å². The highest BCUT2D eigenvalue weighted by molar-refractivity contribution is 5.66. The van der Waals surface area contributed by atoms with Crippen molar-refractivity contribution in [1.29, 1.82) is 0 Å². The number of carbonyl (C=O) groups excluding carboxylic acids is 1. The van der Waals surface area contributed by atoms with E-state index in [9.17, 15) is 4.79 Å². The van der Waals surface area contributed by atoms with Gasteiger partial charge in [0.1, 0.15) is 6.10 Å². The first-order chi connectivity index (χ1) is 20.7. The summed E-state index contributed by atoms with van der Waals surface area (Å²) in [5, 5.41) is 14.2. The number of allylic oxidation sites excluding steroid dienone is 1. The molecule has 6 atom stereocenters. The number of rotatable bonds is 19. The van der Waals surface area contributed by atoms with Gasteiger partial charge in [0.25, 0.3) is 0 Å². The number of tetrazole rings is 1. The first-order valence-corrected chi connectivity index (χ1v) is 16.8. The van der Waals surface area contributed by atoms with Crippen LogP contribution >= 0.6 is 0 Å². The number of ether oxygens (including phenoxy) is 5. The van der Waals surface area contributed by atoms with E-state index in [0.717, 1.165) is 116 Å². The lowest BCUT2D eigenvalue weighted by Gasteiger charge is -2.29. The average molecular weight is 591 g/mol. The summed E-state index contributed by atoms with van der Waals surface area (Å²) >= 11 is 0. The van der Waals surface area contributed by atoms with Gasteiger partial charge in [-0.3, -0.25) is 4.79 Å². The van der Waals surface area contributed by atoms with Gasteiger partial charge in [0, 0.05) is 51.4 Å². The minimum Gasteiger partial charge on any atom is -0.462 e. The molecule has 4 rings (SSSR count). The number of hydrogen-bond donors (Lipinski definition) is 1. The summed E-state index contributed by atoms with van der Waals surface area (Å²) < 4.78 is 29.9. The van der Waals surface area contributed by atoms with Crippen LogP contribution in [0.5, 0.6) is 0 Å². The third-order valence-electron chi connectivity index (χ3n) is 8.79. The van der Waals surface area contributed by atoms with Gasteiger partial charge in [0.15, 0.2) is 18.4 Å². The minimum absolute atomic E-state index is 0.0103. The van der Waals surface area contributed by atoms with Crippen molar-refractivity contribution in [3.05, 3.63) is 18.0 Å². The van der Waals surface area contributed by atoms with Gasteiger partial charge in [-0.25, -0.2) is 0 Å². The molecule has 1 aromatic heterocycles. The van der Waals surface area contributed by atoms with Crippen LogP contribution in [0.15, 0.2) is 12.2 Å². The Morgan fingerprint density at radius 2 is 1.69 bits per heavy atom. The fraction of sp³-hybridized carbons (Fsp3) is 0.875. The summed E-state index contributed by atoms with van der Waals surface area (Å²) in [4.78, 5) is 12.0. The molecule has 3 heterocycles. The molecule has 2 unspecified atom stereocenters. The van der Waals surface area contributed by atoms with Gasteiger partial charge in [-0.1, -0.05) is 49.5 Å². The van der Waals surface area contributed by atoms with E-state index in [1.54, 1.807) is 0 Å². The zero-order chi connectivity index (χ0) is 29.2. The molecular formula is C32H54N4O6. The van der Waals surface area contributed by atoms with Crippen LogP contribution in [0.4, 0.5) is 0 Å². The Balaban J connectivity index is 1.23. The number of esters is 1. The molecule has 1 aliphatic carbocycles. The number of unbranched alkanes of at least 4 members (excludes halogenated alkanes) is 7. The van der Waals surface area contributed by atoms with E-state index in [1.165, 1.54) is 32.6 Å². The van der Waals surface area contributed by atoms with Crippen molar-refractivity contribution >= 4 is 5.97 Å². The van der Waals surface area contributed by atoms with Gasteiger partial charge in [-0.15, -0.1) is 10.2 Å². The van der Waals surface area contributed by atoms with Crippen LogP contribution in [-0.2, 0) is 34.9 Å². The Morgan fingerprint density at radius 3 is 2.43 bits per heavy atom. The van der Waals surface area contributed by atoms with Crippen LogP contribution in [0.25, 0.3) is 0 Å². The predicted molar refractivity (Wildman–Crippen MR) is 158 cm³/mol. The van der Waals surface area contributed by atoms with E-state index in [2.05, 4.69) is 32.8 Å². The summed E-state index contributed by atoms with van der Waals surface area (Å²) in [5.41, 5.74) is 0. The summed E-state index contributed by atoms with van der Waals surface area (Å²) in [6, 6.07) is 0. The second-order valence-electron chi connectivity index (χ2n) is 12.2. The van der Waals surface area contributed by atoms with Gasteiger partial charge in [-0.2, -0.15) is 5.21 Å². The summed E-state index contributed by atoms with van der Waals surface area (Å²) in [6.45, 7) is 3.91. The van der Waals surface area contributed by atoms with Crippen molar-refractivity contribution < 1.29 is 28.5 Å². The third kappa shape index (κ3) is 12.0. The van der Waals surface area contributed by atoms with Crippen LogP contribution < -0.4 is 0 Å². The number of nitrogens with one attached hydrogen (secondary N) is 1. The highest BCUT2D eigenvalue weighted by Gasteiger charge is 2.45. The normalized spacial score (nSPS) is 28.4. The number of H-pyrrole nitrogens is 1. The van der Waals surface area contributed by atoms with Crippen LogP contribution in [0, 0.1) is 11.8 Å². The number of aromatic amines is 1. The van der Waals surface area contributed by atoms with Crippen molar-refractivity contribution in [3.63, 3.8) is 0 Å². The lowest BCUT2D eigenvalue weighted by Crippen LogP contribution is -2.30. The molecule has 42 heavy (non-hydrogen) atoms. The first kappa shape index (κ1) is 33.0. The molecule has 238 valence electrons. The van der Waals surface area contributed by atoms with Crippen molar-refractivity contribution in [2.24, 2.45) is 11.8 Å². The predicted octanol–water partition coefficient (Wildman–Crippen LogP) is 6.22. The number of aromatic nitrogens is 4. The summed E-state index contributed by atoms with van der Waals surface area (Å²) in [5.74, 6) is 1.05. The molecule has 10 heteroatoms. The van der Waals surface area contributed by atoms with Crippen molar-refractivity contribution in [2.45, 2.75) is 147 Å². The van der Waals surface area contributed by atoms with E-state index in [1.807, 2.05) is 0 Å². The second kappa shape index (κ2) is 19.4.